The Hall–Kier alpha value is -5.60. The van der Waals surface area contributed by atoms with E-state index in [0.717, 1.165) is 50.1 Å². The number of hydrogen-bond donors (Lipinski definition) is 0. The van der Waals surface area contributed by atoms with Gasteiger partial charge in [-0.2, -0.15) is 0 Å². The van der Waals surface area contributed by atoms with Crippen molar-refractivity contribution in [2.45, 2.75) is 0 Å². The van der Waals surface area contributed by atoms with Crippen LogP contribution in [-0.4, -0.2) is 0 Å². The van der Waals surface area contributed by atoms with Gasteiger partial charge in [0.25, 0.3) is 0 Å². The van der Waals surface area contributed by atoms with Crippen molar-refractivity contribution in [3.8, 4) is 22.3 Å². The molecule has 0 spiro atoms. The van der Waals surface area contributed by atoms with Gasteiger partial charge in [0.05, 0.1) is 5.69 Å². The van der Waals surface area contributed by atoms with Gasteiger partial charge < -0.3 is 9.32 Å². The third-order valence-electron chi connectivity index (χ3n) is 8.02. The van der Waals surface area contributed by atoms with Crippen molar-refractivity contribution in [3.05, 3.63) is 164 Å². The standard InChI is InChI=1S/C40H27NO/c1-3-13-28(14-4-1)29-17-11-20-33(25-29)41(32-18-5-2-6-19-32)37-23-10-9-21-34(37)35-22-12-24-38-40(35)36-26-30-15-7-8-16-31(30)27-39(36)42-38/h1-27H. The lowest BCUT2D eigenvalue weighted by Gasteiger charge is -2.28. The Morgan fingerprint density at radius 3 is 1.86 bits per heavy atom. The molecule has 0 aliphatic carbocycles. The van der Waals surface area contributed by atoms with Gasteiger partial charge >= 0.3 is 0 Å². The zero-order chi connectivity index (χ0) is 27.9. The van der Waals surface area contributed by atoms with Gasteiger partial charge in [-0.1, -0.05) is 115 Å². The number of furan rings is 1. The first-order valence-corrected chi connectivity index (χ1v) is 14.3. The fourth-order valence-electron chi connectivity index (χ4n) is 6.09. The molecule has 0 saturated heterocycles. The van der Waals surface area contributed by atoms with Crippen LogP contribution in [0.3, 0.4) is 0 Å². The lowest BCUT2D eigenvalue weighted by atomic mass is 9.96. The summed E-state index contributed by atoms with van der Waals surface area (Å²) in [5, 5.41) is 4.65. The van der Waals surface area contributed by atoms with Crippen molar-refractivity contribution in [2.24, 2.45) is 0 Å². The van der Waals surface area contributed by atoms with E-state index in [1.807, 2.05) is 0 Å². The van der Waals surface area contributed by atoms with Crippen molar-refractivity contribution >= 4 is 49.8 Å². The molecule has 0 aliphatic rings. The summed E-state index contributed by atoms with van der Waals surface area (Å²) in [4.78, 5) is 2.36. The molecule has 0 N–H and O–H groups in total. The SMILES string of the molecule is c1ccc(-c2cccc(N(c3ccccc3)c3ccccc3-c3cccc4oc5cc6ccccc6cc5c34)c2)cc1. The minimum Gasteiger partial charge on any atom is -0.456 e. The Bertz CT molecular complexity index is 2200. The Morgan fingerprint density at radius 2 is 1.02 bits per heavy atom. The van der Waals surface area contributed by atoms with E-state index in [1.165, 1.54) is 21.9 Å². The summed E-state index contributed by atoms with van der Waals surface area (Å²) in [5.41, 5.74) is 9.79. The van der Waals surface area contributed by atoms with Crippen LogP contribution in [0.1, 0.15) is 0 Å². The molecule has 2 heteroatoms. The van der Waals surface area contributed by atoms with E-state index in [1.54, 1.807) is 0 Å². The number of fused-ring (bicyclic) bond motifs is 4. The summed E-state index contributed by atoms with van der Waals surface area (Å²) < 4.78 is 6.44. The van der Waals surface area contributed by atoms with Crippen LogP contribution in [0, 0.1) is 0 Å². The van der Waals surface area contributed by atoms with Gasteiger partial charge in [-0.25, -0.2) is 0 Å². The fraction of sp³-hybridized carbons (Fsp3) is 0. The largest absolute Gasteiger partial charge is 0.456 e. The third kappa shape index (κ3) is 4.13. The Balaban J connectivity index is 1.37. The maximum atomic E-state index is 6.44. The second-order valence-corrected chi connectivity index (χ2v) is 10.6. The molecule has 0 aliphatic heterocycles. The molecule has 0 bridgehead atoms. The highest BCUT2D eigenvalue weighted by Crippen LogP contribution is 2.45. The maximum absolute atomic E-state index is 6.44. The third-order valence-corrected chi connectivity index (χ3v) is 8.02. The maximum Gasteiger partial charge on any atom is 0.136 e. The Morgan fingerprint density at radius 1 is 0.405 bits per heavy atom. The molecule has 0 unspecified atom stereocenters. The monoisotopic (exact) mass is 537 g/mol. The first-order chi connectivity index (χ1) is 20.8. The lowest BCUT2D eigenvalue weighted by Crippen LogP contribution is -2.11. The van der Waals surface area contributed by atoms with Crippen LogP contribution in [0.4, 0.5) is 17.1 Å². The van der Waals surface area contributed by atoms with Crippen molar-refractivity contribution in [2.75, 3.05) is 4.90 Å². The van der Waals surface area contributed by atoms with E-state index in [-0.39, 0.29) is 0 Å². The molecule has 8 aromatic rings. The van der Waals surface area contributed by atoms with E-state index >= 15 is 0 Å². The smallest absolute Gasteiger partial charge is 0.136 e. The zero-order valence-corrected chi connectivity index (χ0v) is 22.9. The minimum atomic E-state index is 0.893. The number of hydrogen-bond acceptors (Lipinski definition) is 2. The second kappa shape index (κ2) is 10.1. The molecule has 0 atom stereocenters. The number of nitrogens with zero attached hydrogens (tertiary/aromatic N) is 1. The molecule has 42 heavy (non-hydrogen) atoms. The first-order valence-electron chi connectivity index (χ1n) is 14.3. The van der Waals surface area contributed by atoms with Gasteiger partial charge in [-0.15, -0.1) is 0 Å². The van der Waals surface area contributed by atoms with Crippen LogP contribution in [0.15, 0.2) is 168 Å². The molecule has 8 rings (SSSR count). The molecule has 2 nitrogen and oxygen atoms in total. The van der Waals surface area contributed by atoms with Gasteiger partial charge in [0.1, 0.15) is 11.2 Å². The van der Waals surface area contributed by atoms with E-state index in [0.29, 0.717) is 0 Å². The summed E-state index contributed by atoms with van der Waals surface area (Å²) in [6.45, 7) is 0. The minimum absolute atomic E-state index is 0.893. The van der Waals surface area contributed by atoms with E-state index < -0.39 is 0 Å². The predicted molar refractivity (Wildman–Crippen MR) is 177 cm³/mol. The molecule has 0 amide bonds. The summed E-state index contributed by atoms with van der Waals surface area (Å²) in [7, 11) is 0. The highest BCUT2D eigenvalue weighted by atomic mass is 16.3. The first kappa shape index (κ1) is 24.2. The highest BCUT2D eigenvalue weighted by molar-refractivity contribution is 6.16. The second-order valence-electron chi connectivity index (χ2n) is 10.6. The average molecular weight is 538 g/mol. The highest BCUT2D eigenvalue weighted by Gasteiger charge is 2.20. The van der Waals surface area contributed by atoms with Crippen LogP contribution in [0.2, 0.25) is 0 Å². The molecule has 1 heterocycles. The summed E-state index contributed by atoms with van der Waals surface area (Å²) in [5.74, 6) is 0. The summed E-state index contributed by atoms with van der Waals surface area (Å²) in [6, 6.07) is 57.9. The summed E-state index contributed by atoms with van der Waals surface area (Å²) in [6.07, 6.45) is 0. The number of rotatable bonds is 5. The molecular formula is C40H27NO. The van der Waals surface area contributed by atoms with Crippen molar-refractivity contribution in [1.82, 2.24) is 0 Å². The van der Waals surface area contributed by atoms with Gasteiger partial charge in [-0.3, -0.25) is 0 Å². The Kier molecular flexibility index (Phi) is 5.82. The number of anilines is 3. The van der Waals surface area contributed by atoms with Crippen LogP contribution in [0.5, 0.6) is 0 Å². The molecule has 0 fully saturated rings. The van der Waals surface area contributed by atoms with Crippen molar-refractivity contribution < 1.29 is 4.42 Å². The van der Waals surface area contributed by atoms with E-state index in [9.17, 15) is 0 Å². The molecule has 198 valence electrons. The average Bonchev–Trinajstić information content (AvgIpc) is 3.43. The van der Waals surface area contributed by atoms with Crippen molar-refractivity contribution in [1.29, 1.82) is 0 Å². The van der Waals surface area contributed by atoms with Crippen LogP contribution < -0.4 is 4.90 Å². The molecule has 0 saturated carbocycles. The van der Waals surface area contributed by atoms with E-state index in [4.69, 9.17) is 4.42 Å². The zero-order valence-electron chi connectivity index (χ0n) is 22.9. The van der Waals surface area contributed by atoms with E-state index in [2.05, 4.69) is 169 Å². The van der Waals surface area contributed by atoms with Crippen LogP contribution >= 0.6 is 0 Å². The van der Waals surface area contributed by atoms with Gasteiger partial charge in [0.15, 0.2) is 0 Å². The Labute approximate surface area is 244 Å². The fourth-order valence-corrected chi connectivity index (χ4v) is 6.09. The summed E-state index contributed by atoms with van der Waals surface area (Å²) >= 11 is 0. The van der Waals surface area contributed by atoms with Gasteiger partial charge in [-0.05, 0) is 76.0 Å². The predicted octanol–water partition coefficient (Wildman–Crippen LogP) is 11.5. The molecule has 1 aromatic heterocycles. The number of benzene rings is 7. The van der Waals surface area contributed by atoms with Crippen LogP contribution in [0.25, 0.3) is 55.0 Å². The van der Waals surface area contributed by atoms with Crippen LogP contribution in [-0.2, 0) is 0 Å². The molecule has 7 aromatic carbocycles. The van der Waals surface area contributed by atoms with Gasteiger partial charge in [0, 0.05) is 27.7 Å². The topological polar surface area (TPSA) is 16.4 Å². The van der Waals surface area contributed by atoms with Crippen molar-refractivity contribution in [3.63, 3.8) is 0 Å². The molecular weight excluding hydrogens is 510 g/mol. The molecule has 0 radical (unpaired) electrons. The quantitative estimate of drug-likeness (QED) is 0.217. The van der Waals surface area contributed by atoms with Gasteiger partial charge in [0.2, 0.25) is 0 Å². The normalized spacial score (nSPS) is 11.3. The number of para-hydroxylation sites is 2. The lowest BCUT2D eigenvalue weighted by molar-refractivity contribution is 0.669.